The molecule has 0 bridgehead atoms. The van der Waals surface area contributed by atoms with Gasteiger partial charge in [-0.3, -0.25) is 4.98 Å². The normalized spacial score (nSPS) is 11.5. The monoisotopic (exact) mass is 361 g/mol. The molecule has 0 radical (unpaired) electrons. The number of fused-ring (bicyclic) bond motifs is 1. The minimum Gasteiger partial charge on any atom is -0.328 e. The van der Waals surface area contributed by atoms with E-state index in [0.29, 0.717) is 0 Å². The highest BCUT2D eigenvalue weighted by molar-refractivity contribution is 7.99. The average Bonchev–Trinajstić information content (AvgIpc) is 2.97. The van der Waals surface area contributed by atoms with Gasteiger partial charge in [-0.1, -0.05) is 33.1 Å². The molecule has 2 rings (SSSR count). The maximum absolute atomic E-state index is 4.90. The molecular formula is C21H35N3S. The number of hydrogen-bond acceptors (Lipinski definition) is 3. The molecule has 25 heavy (non-hydrogen) atoms. The average molecular weight is 362 g/mol. The minimum absolute atomic E-state index is 1.07. The molecule has 0 amide bonds. The van der Waals surface area contributed by atoms with Gasteiger partial charge in [0, 0.05) is 18.7 Å². The molecule has 0 saturated heterocycles. The molecule has 0 aliphatic heterocycles. The SMILES string of the molecule is CCCCSCCCCCn1c(CCCC)nc2cnc(C)c(C)c21. The van der Waals surface area contributed by atoms with Crippen molar-refractivity contribution in [3.63, 3.8) is 0 Å². The van der Waals surface area contributed by atoms with E-state index in [4.69, 9.17) is 4.98 Å². The Morgan fingerprint density at radius 1 is 0.960 bits per heavy atom. The second-order valence-electron chi connectivity index (χ2n) is 7.01. The molecule has 0 saturated carbocycles. The summed E-state index contributed by atoms with van der Waals surface area (Å²) < 4.78 is 2.49. The van der Waals surface area contributed by atoms with Crippen molar-refractivity contribution in [1.29, 1.82) is 0 Å². The Hall–Kier alpha value is -1.03. The lowest BCUT2D eigenvalue weighted by Crippen LogP contribution is -2.06. The number of imidazole rings is 1. The highest BCUT2D eigenvalue weighted by Gasteiger charge is 2.14. The van der Waals surface area contributed by atoms with Crippen LogP contribution in [-0.2, 0) is 13.0 Å². The van der Waals surface area contributed by atoms with Crippen molar-refractivity contribution in [1.82, 2.24) is 14.5 Å². The van der Waals surface area contributed by atoms with Gasteiger partial charge in [0.05, 0.1) is 11.7 Å². The van der Waals surface area contributed by atoms with Crippen LogP contribution in [0.5, 0.6) is 0 Å². The van der Waals surface area contributed by atoms with Crippen molar-refractivity contribution >= 4 is 22.8 Å². The fourth-order valence-electron chi connectivity index (χ4n) is 3.20. The fourth-order valence-corrected chi connectivity index (χ4v) is 4.30. The Kier molecular flexibility index (Phi) is 8.80. The van der Waals surface area contributed by atoms with Crippen molar-refractivity contribution < 1.29 is 0 Å². The number of aryl methyl sites for hydroxylation is 4. The first kappa shape index (κ1) is 20.3. The van der Waals surface area contributed by atoms with Crippen molar-refractivity contribution in [2.45, 2.75) is 85.6 Å². The van der Waals surface area contributed by atoms with Crippen LogP contribution in [0.25, 0.3) is 11.0 Å². The Balaban J connectivity index is 1.98. The second-order valence-corrected chi connectivity index (χ2v) is 8.24. The van der Waals surface area contributed by atoms with Crippen LogP contribution in [0.2, 0.25) is 0 Å². The molecule has 0 spiro atoms. The molecule has 2 aromatic rings. The molecule has 2 aromatic heterocycles. The van der Waals surface area contributed by atoms with Crippen molar-refractivity contribution in [3.05, 3.63) is 23.3 Å². The molecule has 4 heteroatoms. The number of unbranched alkanes of at least 4 members (excludes halogenated alkanes) is 4. The summed E-state index contributed by atoms with van der Waals surface area (Å²) in [5.74, 6) is 3.90. The standard InChI is InChI=1S/C21H35N3S/c1-5-7-12-20-23-19-16-22-18(4)17(3)21(19)24(20)13-10-9-11-15-25-14-8-6-2/h16H,5-15H2,1-4H3. The summed E-state index contributed by atoms with van der Waals surface area (Å²) in [6.07, 6.45) is 12.0. The van der Waals surface area contributed by atoms with E-state index in [2.05, 4.69) is 49.0 Å². The second kappa shape index (κ2) is 10.8. The fraction of sp³-hybridized carbons (Fsp3) is 0.714. The van der Waals surface area contributed by atoms with Gasteiger partial charge < -0.3 is 4.57 Å². The smallest absolute Gasteiger partial charge is 0.109 e. The maximum Gasteiger partial charge on any atom is 0.109 e. The van der Waals surface area contributed by atoms with Crippen LogP contribution in [-0.4, -0.2) is 26.0 Å². The lowest BCUT2D eigenvalue weighted by Gasteiger charge is -2.11. The van der Waals surface area contributed by atoms with Gasteiger partial charge in [0.1, 0.15) is 11.3 Å². The summed E-state index contributed by atoms with van der Waals surface area (Å²) >= 11 is 2.12. The van der Waals surface area contributed by atoms with Gasteiger partial charge in [-0.2, -0.15) is 11.8 Å². The largest absolute Gasteiger partial charge is 0.328 e. The van der Waals surface area contributed by atoms with Crippen LogP contribution in [0, 0.1) is 13.8 Å². The van der Waals surface area contributed by atoms with Crippen molar-refractivity contribution in [2.24, 2.45) is 0 Å². The Labute approximate surface area is 158 Å². The summed E-state index contributed by atoms with van der Waals surface area (Å²) in [5.41, 5.74) is 4.81. The first-order valence-corrected chi connectivity index (χ1v) is 11.2. The summed E-state index contributed by atoms with van der Waals surface area (Å²) in [6.45, 7) is 9.91. The lowest BCUT2D eigenvalue weighted by atomic mass is 10.2. The van der Waals surface area contributed by atoms with E-state index in [1.807, 2.05) is 6.20 Å². The van der Waals surface area contributed by atoms with Crippen LogP contribution in [0.1, 0.15) is 75.9 Å². The Bertz CT molecular complexity index is 648. The summed E-state index contributed by atoms with van der Waals surface area (Å²) in [7, 11) is 0. The van der Waals surface area contributed by atoms with Gasteiger partial charge in [0.15, 0.2) is 0 Å². The van der Waals surface area contributed by atoms with E-state index in [1.165, 1.54) is 73.4 Å². The van der Waals surface area contributed by atoms with Gasteiger partial charge in [-0.15, -0.1) is 0 Å². The van der Waals surface area contributed by atoms with Crippen molar-refractivity contribution in [3.8, 4) is 0 Å². The van der Waals surface area contributed by atoms with Gasteiger partial charge in [0.25, 0.3) is 0 Å². The van der Waals surface area contributed by atoms with E-state index in [0.717, 1.165) is 24.2 Å². The van der Waals surface area contributed by atoms with Crippen LogP contribution < -0.4 is 0 Å². The first-order valence-electron chi connectivity index (χ1n) is 10.1. The molecule has 0 N–H and O–H groups in total. The topological polar surface area (TPSA) is 30.7 Å². The molecule has 0 aliphatic rings. The molecule has 0 unspecified atom stereocenters. The van der Waals surface area contributed by atoms with Crippen molar-refractivity contribution in [2.75, 3.05) is 11.5 Å². The van der Waals surface area contributed by atoms with Crippen LogP contribution in [0.15, 0.2) is 6.20 Å². The summed E-state index contributed by atoms with van der Waals surface area (Å²) in [4.78, 5) is 9.41. The van der Waals surface area contributed by atoms with E-state index < -0.39 is 0 Å². The van der Waals surface area contributed by atoms with E-state index in [-0.39, 0.29) is 0 Å². The molecule has 0 fully saturated rings. The predicted octanol–water partition coefficient (Wildman–Crippen LogP) is 6.09. The highest BCUT2D eigenvalue weighted by Crippen LogP contribution is 2.23. The molecule has 0 aromatic carbocycles. The van der Waals surface area contributed by atoms with Gasteiger partial charge in [-0.05, 0) is 56.6 Å². The zero-order chi connectivity index (χ0) is 18.1. The predicted molar refractivity (Wildman–Crippen MR) is 112 cm³/mol. The number of nitrogens with zero attached hydrogens (tertiary/aromatic N) is 3. The number of hydrogen-bond donors (Lipinski definition) is 0. The van der Waals surface area contributed by atoms with Crippen LogP contribution in [0.3, 0.4) is 0 Å². The zero-order valence-electron chi connectivity index (χ0n) is 16.6. The number of pyridine rings is 1. The third kappa shape index (κ3) is 5.73. The molecule has 2 heterocycles. The Morgan fingerprint density at radius 2 is 1.72 bits per heavy atom. The summed E-state index contributed by atoms with van der Waals surface area (Å²) in [5, 5.41) is 0. The number of thioether (sulfide) groups is 1. The van der Waals surface area contributed by atoms with E-state index >= 15 is 0 Å². The van der Waals surface area contributed by atoms with Gasteiger partial charge >= 0.3 is 0 Å². The molecule has 0 aliphatic carbocycles. The van der Waals surface area contributed by atoms with E-state index in [9.17, 15) is 0 Å². The zero-order valence-corrected chi connectivity index (χ0v) is 17.4. The van der Waals surface area contributed by atoms with Gasteiger partial charge in [-0.25, -0.2) is 4.98 Å². The third-order valence-corrected chi connectivity index (χ3v) is 6.07. The van der Waals surface area contributed by atoms with Crippen LogP contribution >= 0.6 is 11.8 Å². The first-order chi connectivity index (χ1) is 12.2. The maximum atomic E-state index is 4.90. The number of aromatic nitrogens is 3. The lowest BCUT2D eigenvalue weighted by molar-refractivity contribution is 0.584. The summed E-state index contributed by atoms with van der Waals surface area (Å²) in [6, 6.07) is 0. The Morgan fingerprint density at radius 3 is 2.48 bits per heavy atom. The number of rotatable bonds is 12. The third-order valence-electron chi connectivity index (χ3n) is 4.92. The molecule has 0 atom stereocenters. The van der Waals surface area contributed by atoms with Gasteiger partial charge in [0.2, 0.25) is 0 Å². The quantitative estimate of drug-likeness (QED) is 0.428. The molecule has 3 nitrogen and oxygen atoms in total. The van der Waals surface area contributed by atoms with E-state index in [1.54, 1.807) is 0 Å². The highest BCUT2D eigenvalue weighted by atomic mass is 32.2. The molecule has 140 valence electrons. The minimum atomic E-state index is 1.07. The molecular weight excluding hydrogens is 326 g/mol. The van der Waals surface area contributed by atoms with Crippen LogP contribution in [0.4, 0.5) is 0 Å².